The van der Waals surface area contributed by atoms with Crippen LogP contribution in [0.4, 0.5) is 0 Å². The van der Waals surface area contributed by atoms with Crippen molar-refractivity contribution in [2.75, 3.05) is 40.6 Å². The van der Waals surface area contributed by atoms with Crippen molar-refractivity contribution in [3.8, 4) is 47.0 Å². The maximum absolute atomic E-state index is 8.96. The lowest BCUT2D eigenvalue weighted by Gasteiger charge is -2.36. The summed E-state index contributed by atoms with van der Waals surface area (Å²) in [5.41, 5.74) is 9.35. The Balaban J connectivity index is 0.981. The molecule has 7 aromatic carbocycles. The molecule has 0 bridgehead atoms. The van der Waals surface area contributed by atoms with Crippen molar-refractivity contribution in [2.45, 2.75) is 18.8 Å². The third kappa shape index (κ3) is 12.2. The SMILES string of the molecule is COc1ccc(C(OCCOCc2cccc(C#Cc3cccc(C#Cc4cccc(C#Cc5cccc(COCCO)c5)c4)c3)c2)(c2ccccc2)c2ccc(OC)cc2)cc1. The highest BCUT2D eigenvalue weighted by Crippen LogP contribution is 2.41. The molecule has 0 amide bonds. The number of ether oxygens (including phenoxy) is 5. The molecule has 0 saturated carbocycles. The number of aliphatic hydroxyl groups is 1. The van der Waals surface area contributed by atoms with E-state index in [-0.39, 0.29) is 6.61 Å². The number of benzene rings is 7. The second-order valence-electron chi connectivity index (χ2n) is 14.5. The van der Waals surface area contributed by atoms with Gasteiger partial charge in [-0.2, -0.15) is 0 Å². The molecule has 0 aliphatic rings. The molecule has 0 saturated heterocycles. The van der Waals surface area contributed by atoms with Gasteiger partial charge in [-0.25, -0.2) is 0 Å². The van der Waals surface area contributed by atoms with Crippen molar-refractivity contribution in [3.05, 3.63) is 237 Å². The molecule has 0 atom stereocenters. The van der Waals surface area contributed by atoms with Crippen LogP contribution in [0.15, 0.2) is 176 Å². The second-order valence-corrected chi connectivity index (χ2v) is 14.5. The zero-order valence-corrected chi connectivity index (χ0v) is 35.5. The minimum absolute atomic E-state index is 0.00275. The Morgan fingerprint density at radius 3 is 1.19 bits per heavy atom. The Hall–Kier alpha value is -7.34. The van der Waals surface area contributed by atoms with E-state index in [1.807, 2.05) is 158 Å². The quantitative estimate of drug-likeness (QED) is 0.0631. The number of methoxy groups -OCH3 is 2. The first-order valence-corrected chi connectivity index (χ1v) is 20.7. The van der Waals surface area contributed by atoms with Crippen LogP contribution >= 0.6 is 0 Å². The highest BCUT2D eigenvalue weighted by Gasteiger charge is 2.37. The van der Waals surface area contributed by atoms with Crippen LogP contribution < -0.4 is 9.47 Å². The van der Waals surface area contributed by atoms with Crippen molar-refractivity contribution < 1.29 is 28.8 Å². The van der Waals surface area contributed by atoms with Gasteiger partial charge in [0.1, 0.15) is 17.1 Å². The predicted octanol–water partition coefficient (Wildman–Crippen LogP) is 9.94. The molecular formula is C57H48O6. The lowest BCUT2D eigenvalue weighted by atomic mass is 9.80. The zero-order chi connectivity index (χ0) is 43.5. The lowest BCUT2D eigenvalue weighted by molar-refractivity contribution is -0.0270. The van der Waals surface area contributed by atoms with E-state index in [1.54, 1.807) is 14.2 Å². The van der Waals surface area contributed by atoms with E-state index < -0.39 is 5.60 Å². The summed E-state index contributed by atoms with van der Waals surface area (Å²) in [6.07, 6.45) is 0. The second kappa shape index (κ2) is 22.5. The number of aliphatic hydroxyl groups excluding tert-OH is 1. The Morgan fingerprint density at radius 2 is 0.778 bits per heavy atom. The van der Waals surface area contributed by atoms with E-state index >= 15 is 0 Å². The third-order valence-electron chi connectivity index (χ3n) is 10.1. The highest BCUT2D eigenvalue weighted by molar-refractivity contribution is 5.53. The minimum atomic E-state index is -0.908. The maximum atomic E-state index is 8.96. The fourth-order valence-electron chi connectivity index (χ4n) is 7.03. The average molecular weight is 829 g/mol. The molecule has 0 aromatic heterocycles. The van der Waals surface area contributed by atoms with Crippen LogP contribution in [0.1, 0.15) is 61.2 Å². The van der Waals surface area contributed by atoms with Crippen LogP contribution in [0.3, 0.4) is 0 Å². The van der Waals surface area contributed by atoms with E-state index in [2.05, 4.69) is 53.7 Å². The summed E-state index contributed by atoms with van der Waals surface area (Å²) in [6.45, 7) is 1.87. The molecular weight excluding hydrogens is 781 g/mol. The molecule has 7 rings (SSSR count). The first-order chi connectivity index (χ1) is 31.0. The standard InChI is InChI=1S/C57H48O6/c1-59-55-30-26-53(27-31-55)57(52-18-4-3-5-19-52,54-28-32-56(60-2)33-29-54)63-37-36-62-43-51-17-9-15-49(41-51)25-23-47-13-7-11-45(39-47)21-20-44-10-6-12-46(38-44)22-24-48-14-8-16-50(40-48)42-61-35-34-58/h3-19,26-33,38-41,58H,34-37,42-43H2,1-2H3. The molecule has 0 fully saturated rings. The van der Waals surface area contributed by atoms with Crippen LogP contribution in [0.5, 0.6) is 11.5 Å². The van der Waals surface area contributed by atoms with Gasteiger partial charge in [-0.15, -0.1) is 0 Å². The minimum Gasteiger partial charge on any atom is -0.497 e. The molecule has 0 aliphatic carbocycles. The molecule has 0 unspecified atom stereocenters. The summed E-state index contributed by atoms with van der Waals surface area (Å²) < 4.78 is 29.5. The van der Waals surface area contributed by atoms with Gasteiger partial charge in [0.15, 0.2) is 0 Å². The summed E-state index contributed by atoms with van der Waals surface area (Å²) in [6, 6.07) is 58.1. The smallest absolute Gasteiger partial charge is 0.143 e. The average Bonchev–Trinajstić information content (AvgIpc) is 3.34. The molecule has 7 aromatic rings. The molecule has 0 radical (unpaired) electrons. The Labute approximate surface area is 371 Å². The van der Waals surface area contributed by atoms with Gasteiger partial charge in [0.25, 0.3) is 0 Å². The fraction of sp³-hybridized carbons (Fsp3) is 0.158. The van der Waals surface area contributed by atoms with Crippen LogP contribution in [0, 0.1) is 35.5 Å². The van der Waals surface area contributed by atoms with Gasteiger partial charge in [0.2, 0.25) is 0 Å². The highest BCUT2D eigenvalue weighted by atomic mass is 16.5. The largest absolute Gasteiger partial charge is 0.497 e. The van der Waals surface area contributed by atoms with Crippen LogP contribution in [-0.2, 0) is 33.0 Å². The molecule has 0 heterocycles. The molecule has 0 aliphatic heterocycles. The van der Waals surface area contributed by atoms with Crippen LogP contribution in [-0.4, -0.2) is 45.8 Å². The van der Waals surface area contributed by atoms with Crippen molar-refractivity contribution >= 4 is 0 Å². The van der Waals surface area contributed by atoms with Gasteiger partial charge in [0, 0.05) is 33.4 Å². The monoisotopic (exact) mass is 828 g/mol. The topological polar surface area (TPSA) is 66.4 Å². The van der Waals surface area contributed by atoms with Crippen LogP contribution in [0.2, 0.25) is 0 Å². The van der Waals surface area contributed by atoms with Gasteiger partial charge >= 0.3 is 0 Å². The molecule has 6 nitrogen and oxygen atoms in total. The van der Waals surface area contributed by atoms with Gasteiger partial charge in [-0.3, -0.25) is 0 Å². The molecule has 63 heavy (non-hydrogen) atoms. The number of rotatable bonds is 15. The summed E-state index contributed by atoms with van der Waals surface area (Å²) >= 11 is 0. The molecule has 1 N–H and O–H groups in total. The normalized spacial score (nSPS) is 10.7. The van der Waals surface area contributed by atoms with Crippen molar-refractivity contribution in [1.82, 2.24) is 0 Å². The molecule has 0 spiro atoms. The van der Waals surface area contributed by atoms with Crippen molar-refractivity contribution in [3.63, 3.8) is 0 Å². The zero-order valence-electron chi connectivity index (χ0n) is 35.5. The van der Waals surface area contributed by atoms with Gasteiger partial charge in [-0.05, 0) is 113 Å². The third-order valence-corrected chi connectivity index (χ3v) is 10.1. The maximum Gasteiger partial charge on any atom is 0.143 e. The van der Waals surface area contributed by atoms with Crippen LogP contribution in [0.25, 0.3) is 0 Å². The van der Waals surface area contributed by atoms with E-state index in [9.17, 15) is 0 Å². The van der Waals surface area contributed by atoms with Crippen molar-refractivity contribution in [2.24, 2.45) is 0 Å². The van der Waals surface area contributed by atoms with Gasteiger partial charge in [0.05, 0.1) is 53.9 Å². The first kappa shape index (κ1) is 43.7. The van der Waals surface area contributed by atoms with E-state index in [1.165, 1.54) is 0 Å². The van der Waals surface area contributed by atoms with E-state index in [0.29, 0.717) is 33.0 Å². The Kier molecular flexibility index (Phi) is 15.6. The number of hydrogen-bond acceptors (Lipinski definition) is 6. The summed E-state index contributed by atoms with van der Waals surface area (Å²) in [5, 5.41) is 8.96. The van der Waals surface area contributed by atoms with Gasteiger partial charge < -0.3 is 28.8 Å². The summed E-state index contributed by atoms with van der Waals surface area (Å²) in [7, 11) is 3.33. The van der Waals surface area contributed by atoms with E-state index in [4.69, 9.17) is 28.8 Å². The summed E-state index contributed by atoms with van der Waals surface area (Å²) in [4.78, 5) is 0. The predicted molar refractivity (Wildman–Crippen MR) is 248 cm³/mol. The fourth-order valence-corrected chi connectivity index (χ4v) is 7.03. The summed E-state index contributed by atoms with van der Waals surface area (Å²) in [5.74, 6) is 21.2. The lowest BCUT2D eigenvalue weighted by Crippen LogP contribution is -2.34. The van der Waals surface area contributed by atoms with E-state index in [0.717, 1.165) is 72.7 Å². The molecule has 6 heteroatoms. The Morgan fingerprint density at radius 1 is 0.397 bits per heavy atom. The van der Waals surface area contributed by atoms with Gasteiger partial charge in [-0.1, -0.05) is 127 Å². The molecule has 312 valence electrons. The van der Waals surface area contributed by atoms with Crippen molar-refractivity contribution in [1.29, 1.82) is 0 Å². The number of hydrogen-bond donors (Lipinski definition) is 1. The Bertz CT molecular complexity index is 2710. The first-order valence-electron chi connectivity index (χ1n) is 20.7.